The van der Waals surface area contributed by atoms with Gasteiger partial charge >= 0.3 is 0 Å². The number of benzene rings is 1. The van der Waals surface area contributed by atoms with Gasteiger partial charge in [-0.15, -0.1) is 11.8 Å². The fourth-order valence-electron chi connectivity index (χ4n) is 8.24. The van der Waals surface area contributed by atoms with Crippen molar-refractivity contribution in [1.82, 2.24) is 25.3 Å². The molecular formula is C32H46N6O2S. The van der Waals surface area contributed by atoms with Crippen LogP contribution in [0.3, 0.4) is 0 Å². The molecule has 6 rings (SSSR count). The van der Waals surface area contributed by atoms with Crippen molar-refractivity contribution >= 4 is 17.7 Å². The predicted octanol–water partition coefficient (Wildman–Crippen LogP) is 3.47. The summed E-state index contributed by atoms with van der Waals surface area (Å²) < 4.78 is 6.82. The van der Waals surface area contributed by atoms with Crippen LogP contribution in [0.1, 0.15) is 61.8 Å². The molecule has 4 fully saturated rings. The predicted molar refractivity (Wildman–Crippen MR) is 163 cm³/mol. The van der Waals surface area contributed by atoms with E-state index >= 15 is 0 Å². The maximum absolute atomic E-state index is 12.6. The fraction of sp³-hybridized carbons (Fsp3) is 0.688. The summed E-state index contributed by atoms with van der Waals surface area (Å²) in [5.74, 6) is 0.360. The zero-order valence-electron chi connectivity index (χ0n) is 24.6. The number of ether oxygens (including phenoxy) is 1. The van der Waals surface area contributed by atoms with Crippen LogP contribution >= 0.6 is 11.8 Å². The molecule has 1 aromatic rings. The van der Waals surface area contributed by atoms with E-state index in [1.807, 2.05) is 4.90 Å². The van der Waals surface area contributed by atoms with Crippen LogP contribution in [0, 0.1) is 17.2 Å². The minimum atomic E-state index is -0.217. The first kappa shape index (κ1) is 29.2. The largest absolute Gasteiger partial charge is 0.348 e. The first-order chi connectivity index (χ1) is 19.9. The molecule has 7 unspecified atom stereocenters. The molecule has 8 nitrogen and oxygen atoms in total. The van der Waals surface area contributed by atoms with Crippen LogP contribution in [-0.2, 0) is 16.0 Å². The van der Waals surface area contributed by atoms with Gasteiger partial charge in [0.15, 0.2) is 6.35 Å². The molecule has 5 aliphatic rings. The summed E-state index contributed by atoms with van der Waals surface area (Å²) in [7, 11) is 2.20. The van der Waals surface area contributed by atoms with Crippen molar-refractivity contribution in [1.29, 1.82) is 5.26 Å². The third kappa shape index (κ3) is 5.97. The number of likely N-dealkylation sites (tertiary alicyclic amines) is 1. The van der Waals surface area contributed by atoms with E-state index in [9.17, 15) is 10.1 Å². The molecule has 1 aromatic carbocycles. The van der Waals surface area contributed by atoms with Gasteiger partial charge in [0, 0.05) is 47.6 Å². The third-order valence-electron chi connectivity index (χ3n) is 10.4. The van der Waals surface area contributed by atoms with E-state index in [1.54, 1.807) is 0 Å². The van der Waals surface area contributed by atoms with Crippen LogP contribution in [0.2, 0.25) is 0 Å². The number of nitrogens with zero attached hydrogens (tertiary/aromatic N) is 4. The van der Waals surface area contributed by atoms with Crippen molar-refractivity contribution in [2.75, 3.05) is 39.8 Å². The Balaban J connectivity index is 1.22. The van der Waals surface area contributed by atoms with Gasteiger partial charge in [-0.2, -0.15) is 5.26 Å². The standard InChI is InChI=1S/C32H46N6O2S/c1-4-29(39)38-17-16-37(20-24(38)12-14-33)30-27-11-13-32(18-23-8-5-6-10-26(23)22(2)41-32)19-28(27)34-31(35-30)40-21-25-9-7-15-36(25)3/h4-6,8,10,22,24-25,27-28,30-31,34-35H,1,7,9,11-13,15-21H2,2-3H3/t22?,24?,25?,27?,28?,30?,31?,32-/m1/s1. The number of carbonyl (C=O) groups is 1. The van der Waals surface area contributed by atoms with Gasteiger partial charge < -0.3 is 14.5 Å². The zero-order chi connectivity index (χ0) is 28.6. The van der Waals surface area contributed by atoms with E-state index < -0.39 is 0 Å². The minimum absolute atomic E-state index is 0.0775. The van der Waals surface area contributed by atoms with E-state index in [2.05, 4.69) is 83.1 Å². The number of thioether (sulfide) groups is 1. The van der Waals surface area contributed by atoms with Gasteiger partial charge in [0.1, 0.15) is 0 Å². The van der Waals surface area contributed by atoms with E-state index in [0.717, 1.165) is 32.4 Å². The Hall–Kier alpha value is -1.93. The normalized spacial score (nSPS) is 37.8. The van der Waals surface area contributed by atoms with Crippen molar-refractivity contribution in [3.05, 3.63) is 48.0 Å². The molecule has 9 heteroatoms. The maximum Gasteiger partial charge on any atom is 0.246 e. The number of nitriles is 1. The summed E-state index contributed by atoms with van der Waals surface area (Å²) in [4.78, 5) is 19.3. The number of amides is 1. The second kappa shape index (κ2) is 12.4. The van der Waals surface area contributed by atoms with Crippen LogP contribution < -0.4 is 10.6 Å². The van der Waals surface area contributed by atoms with Gasteiger partial charge in [0.05, 0.1) is 31.3 Å². The lowest BCUT2D eigenvalue weighted by Crippen LogP contribution is -2.73. The summed E-state index contributed by atoms with van der Waals surface area (Å²) in [6, 6.07) is 12.0. The number of fused-ring (bicyclic) bond motifs is 2. The topological polar surface area (TPSA) is 83.9 Å². The van der Waals surface area contributed by atoms with Crippen molar-refractivity contribution in [2.24, 2.45) is 5.92 Å². The van der Waals surface area contributed by atoms with E-state index in [4.69, 9.17) is 4.74 Å². The summed E-state index contributed by atoms with van der Waals surface area (Å²) >= 11 is 2.18. The highest BCUT2D eigenvalue weighted by Crippen LogP contribution is 2.55. The maximum atomic E-state index is 12.6. The highest BCUT2D eigenvalue weighted by Gasteiger charge is 2.51. The molecule has 4 aliphatic heterocycles. The number of carbonyl (C=O) groups excluding carboxylic acids is 1. The smallest absolute Gasteiger partial charge is 0.246 e. The van der Waals surface area contributed by atoms with Crippen molar-refractivity contribution < 1.29 is 9.53 Å². The molecule has 1 spiro atoms. The van der Waals surface area contributed by atoms with Crippen molar-refractivity contribution in [3.63, 3.8) is 0 Å². The molecule has 1 aliphatic carbocycles. The summed E-state index contributed by atoms with van der Waals surface area (Å²) in [6.07, 6.45) is 8.66. The van der Waals surface area contributed by atoms with Gasteiger partial charge in [-0.05, 0) is 76.2 Å². The lowest BCUT2D eigenvalue weighted by Gasteiger charge is -2.56. The number of piperazine rings is 1. The monoisotopic (exact) mass is 578 g/mol. The van der Waals surface area contributed by atoms with Gasteiger partial charge in [-0.3, -0.25) is 20.3 Å². The number of hydrogen-bond donors (Lipinski definition) is 2. The van der Waals surface area contributed by atoms with Gasteiger partial charge in [-0.25, -0.2) is 0 Å². The molecule has 4 heterocycles. The number of likely N-dealkylation sites (N-methyl/N-ethyl adjacent to an activating group) is 1. The first-order valence-corrected chi connectivity index (χ1v) is 16.4. The molecule has 41 heavy (non-hydrogen) atoms. The molecule has 2 N–H and O–H groups in total. The Morgan fingerprint density at radius 2 is 2.10 bits per heavy atom. The molecule has 0 aromatic heterocycles. The van der Waals surface area contributed by atoms with Gasteiger partial charge in [0.2, 0.25) is 5.91 Å². The van der Waals surface area contributed by atoms with Crippen LogP contribution in [0.5, 0.6) is 0 Å². The first-order valence-electron chi connectivity index (χ1n) is 15.5. The summed E-state index contributed by atoms with van der Waals surface area (Å²) in [5, 5.41) is 17.8. The molecule has 0 bridgehead atoms. The number of nitrogens with one attached hydrogen (secondary N) is 2. The molecule has 1 saturated carbocycles. The van der Waals surface area contributed by atoms with Crippen LogP contribution in [-0.4, -0.2) is 95.8 Å². The number of hydrogen-bond acceptors (Lipinski definition) is 8. The summed E-state index contributed by atoms with van der Waals surface area (Å²) in [6.45, 7) is 10.0. The van der Waals surface area contributed by atoms with E-state index in [0.29, 0.717) is 49.4 Å². The van der Waals surface area contributed by atoms with Gasteiger partial charge in [0.25, 0.3) is 0 Å². The van der Waals surface area contributed by atoms with Crippen LogP contribution in [0.15, 0.2) is 36.9 Å². The average molecular weight is 579 g/mol. The quantitative estimate of drug-likeness (QED) is 0.497. The highest BCUT2D eigenvalue weighted by molar-refractivity contribution is 8.00. The second-order valence-corrected chi connectivity index (χ2v) is 14.7. The van der Waals surface area contributed by atoms with Crippen LogP contribution in [0.4, 0.5) is 0 Å². The Kier molecular flexibility index (Phi) is 8.79. The average Bonchev–Trinajstić information content (AvgIpc) is 3.39. The van der Waals surface area contributed by atoms with E-state index in [-0.39, 0.29) is 29.2 Å². The molecule has 8 atom stereocenters. The van der Waals surface area contributed by atoms with Crippen molar-refractivity contribution in [3.8, 4) is 6.07 Å². The molecule has 3 saturated heterocycles. The molecular weight excluding hydrogens is 532 g/mol. The summed E-state index contributed by atoms with van der Waals surface area (Å²) in [5.41, 5.74) is 3.01. The third-order valence-corrected chi connectivity index (χ3v) is 12.0. The molecule has 222 valence electrons. The Morgan fingerprint density at radius 3 is 2.88 bits per heavy atom. The van der Waals surface area contributed by atoms with Gasteiger partial charge in [-0.1, -0.05) is 30.8 Å². The fourth-order valence-corrected chi connectivity index (χ4v) is 10.1. The molecule has 1 amide bonds. The zero-order valence-corrected chi connectivity index (χ0v) is 25.5. The highest BCUT2D eigenvalue weighted by atomic mass is 32.2. The Labute approximate surface area is 249 Å². The minimum Gasteiger partial charge on any atom is -0.348 e. The number of rotatable bonds is 6. The Bertz CT molecular complexity index is 1160. The SMILES string of the molecule is C=CC(=O)N1CCN(C2NC(OCC3CCCN3C)NC3C[C@@]4(CCC32)Cc2ccccc2C(C)S4)CC1CC#N. The Morgan fingerprint density at radius 1 is 1.24 bits per heavy atom. The lowest BCUT2D eigenvalue weighted by molar-refractivity contribution is -0.135. The van der Waals surface area contributed by atoms with E-state index in [1.165, 1.54) is 36.5 Å². The second-order valence-electron chi connectivity index (χ2n) is 12.8. The van der Waals surface area contributed by atoms with Crippen LogP contribution in [0.25, 0.3) is 0 Å². The van der Waals surface area contributed by atoms with Crippen molar-refractivity contribution in [2.45, 2.75) is 92.5 Å². The molecule has 0 radical (unpaired) electrons. The lowest BCUT2D eigenvalue weighted by atomic mass is 9.72.